The van der Waals surface area contributed by atoms with Gasteiger partial charge in [0, 0.05) is 42.7 Å². The molecule has 1 aliphatic carbocycles. The fourth-order valence-corrected chi connectivity index (χ4v) is 7.32. The number of ether oxygens (including phenoxy) is 1. The molecular weight excluding hydrogens is 473 g/mol. The lowest BCUT2D eigenvalue weighted by Crippen LogP contribution is -2.54. The highest BCUT2D eigenvalue weighted by molar-refractivity contribution is 5.50. The van der Waals surface area contributed by atoms with Crippen molar-refractivity contribution < 1.29 is 9.13 Å². The van der Waals surface area contributed by atoms with Gasteiger partial charge in [-0.15, -0.1) is 0 Å². The van der Waals surface area contributed by atoms with Crippen LogP contribution in [-0.2, 0) is 16.7 Å². The van der Waals surface area contributed by atoms with Gasteiger partial charge in [-0.1, -0.05) is 37.8 Å². The van der Waals surface area contributed by atoms with E-state index < -0.39 is 5.54 Å². The number of hydrogen-bond acceptors (Lipinski definition) is 3. The Balaban J connectivity index is 1.25. The van der Waals surface area contributed by atoms with Crippen molar-refractivity contribution in [2.24, 2.45) is 17.8 Å². The van der Waals surface area contributed by atoms with Gasteiger partial charge in [0.15, 0.2) is 0 Å². The maximum absolute atomic E-state index is 14.5. The number of aryl methyl sites for hydroxylation is 1. The Labute approximate surface area is 228 Å². The lowest BCUT2D eigenvalue weighted by Gasteiger charge is -2.46. The van der Waals surface area contributed by atoms with Crippen LogP contribution in [0, 0.1) is 30.1 Å². The van der Waals surface area contributed by atoms with Crippen LogP contribution in [0.5, 0.6) is 0 Å². The van der Waals surface area contributed by atoms with Crippen molar-refractivity contribution in [1.82, 2.24) is 4.90 Å². The van der Waals surface area contributed by atoms with E-state index in [-0.39, 0.29) is 23.8 Å². The van der Waals surface area contributed by atoms with Crippen LogP contribution in [0.1, 0.15) is 57.1 Å². The Morgan fingerprint density at radius 2 is 1.84 bits per heavy atom. The monoisotopic (exact) mass is 515 g/mol. The average molecular weight is 516 g/mol. The molecule has 0 radical (unpaired) electrons. The van der Waals surface area contributed by atoms with Crippen LogP contribution in [0.4, 0.5) is 10.1 Å². The first kappa shape index (κ1) is 26.8. The predicted molar refractivity (Wildman–Crippen MR) is 152 cm³/mol. The molecule has 3 atom stereocenters. The first-order valence-corrected chi connectivity index (χ1v) is 14.5. The summed E-state index contributed by atoms with van der Waals surface area (Å²) in [6, 6.07) is 15.8. The molecule has 2 aromatic rings. The molecule has 5 heteroatoms. The number of benzene rings is 2. The number of hydrogen-bond donors (Lipinski definition) is 0. The third kappa shape index (κ3) is 5.34. The molecule has 5 rings (SSSR count). The van der Waals surface area contributed by atoms with Gasteiger partial charge in [0.1, 0.15) is 11.9 Å². The normalized spacial score (nSPS) is 24.4. The second kappa shape index (κ2) is 11.5. The number of rotatable bonds is 9. The standard InChI is InChI=1S/C33H42FN3O/c1-5-25-12-14-30(15-13-25)37-22-26(23-37)21-36-18-16-27(17-19-36)33(35-4,28-8-6-9-29(34)20-28)31-10-7-11-32(31)38-24(2)3/h6,8-9,12-15,20,26-27,31-32H,2,5,7,10-11,16-19,21-23H2,1,3H3/t31-,32-,33?/m0/s1. The largest absolute Gasteiger partial charge is 0.495 e. The highest BCUT2D eigenvalue weighted by atomic mass is 19.1. The van der Waals surface area contributed by atoms with Crippen LogP contribution in [0.2, 0.25) is 0 Å². The third-order valence-electron chi connectivity index (χ3n) is 9.24. The van der Waals surface area contributed by atoms with Crippen LogP contribution in [-0.4, -0.2) is 43.7 Å². The van der Waals surface area contributed by atoms with Crippen LogP contribution in [0.25, 0.3) is 4.85 Å². The summed E-state index contributed by atoms with van der Waals surface area (Å²) in [5, 5.41) is 0. The molecular formula is C33H42FN3O. The second-order valence-corrected chi connectivity index (χ2v) is 11.7. The van der Waals surface area contributed by atoms with Crippen molar-refractivity contribution in [3.8, 4) is 0 Å². The summed E-state index contributed by atoms with van der Waals surface area (Å²) in [4.78, 5) is 9.48. The summed E-state index contributed by atoms with van der Waals surface area (Å²) in [6.07, 6.45) is 5.88. The first-order chi connectivity index (χ1) is 18.4. The molecule has 2 aliphatic heterocycles. The molecule has 202 valence electrons. The average Bonchev–Trinajstić information content (AvgIpc) is 3.35. The Kier molecular flexibility index (Phi) is 8.09. The Morgan fingerprint density at radius 3 is 2.47 bits per heavy atom. The van der Waals surface area contributed by atoms with Crippen molar-refractivity contribution in [2.75, 3.05) is 37.6 Å². The molecule has 0 spiro atoms. The van der Waals surface area contributed by atoms with Gasteiger partial charge < -0.3 is 19.4 Å². The molecule has 1 saturated carbocycles. The van der Waals surface area contributed by atoms with Gasteiger partial charge in [-0.05, 0) is 88.4 Å². The summed E-state index contributed by atoms with van der Waals surface area (Å²) in [7, 11) is 0. The van der Waals surface area contributed by atoms with E-state index in [9.17, 15) is 4.39 Å². The molecule has 0 amide bonds. The topological polar surface area (TPSA) is 20.1 Å². The van der Waals surface area contributed by atoms with Gasteiger partial charge in [0.25, 0.3) is 5.54 Å². The molecule has 1 unspecified atom stereocenters. The number of piperidine rings is 1. The molecule has 0 bridgehead atoms. The first-order valence-electron chi connectivity index (χ1n) is 14.5. The van der Waals surface area contributed by atoms with Gasteiger partial charge in [-0.3, -0.25) is 0 Å². The summed E-state index contributed by atoms with van der Waals surface area (Å²) >= 11 is 0. The van der Waals surface area contributed by atoms with Crippen molar-refractivity contribution in [3.63, 3.8) is 0 Å². The number of nitrogens with zero attached hydrogens (tertiary/aromatic N) is 3. The SMILES string of the molecule is [C-]#[N+]C(c1cccc(F)c1)(C1CCN(CC2CN(c3ccc(CC)cc3)C2)CC1)[C@H]1CCC[C@@H]1OC(=C)C. The minimum atomic E-state index is -0.761. The fourth-order valence-electron chi connectivity index (χ4n) is 7.32. The number of likely N-dealkylation sites (tertiary alicyclic amines) is 1. The molecule has 2 saturated heterocycles. The van der Waals surface area contributed by atoms with E-state index in [4.69, 9.17) is 11.3 Å². The van der Waals surface area contributed by atoms with E-state index in [0.717, 1.165) is 76.8 Å². The van der Waals surface area contributed by atoms with Gasteiger partial charge in [0.05, 0.1) is 11.7 Å². The van der Waals surface area contributed by atoms with E-state index >= 15 is 0 Å². The fraction of sp³-hybridized carbons (Fsp3) is 0.545. The molecule has 38 heavy (non-hydrogen) atoms. The van der Waals surface area contributed by atoms with Crippen LogP contribution in [0.15, 0.2) is 60.9 Å². The van der Waals surface area contributed by atoms with Crippen molar-refractivity contribution in [1.29, 1.82) is 0 Å². The molecule has 2 heterocycles. The lowest BCUT2D eigenvalue weighted by molar-refractivity contribution is 0.0238. The van der Waals surface area contributed by atoms with Crippen molar-refractivity contribution in [3.05, 3.63) is 89.2 Å². The molecule has 3 aliphatic rings. The maximum atomic E-state index is 14.5. The van der Waals surface area contributed by atoms with E-state index in [2.05, 4.69) is 52.4 Å². The van der Waals surface area contributed by atoms with Crippen LogP contribution >= 0.6 is 0 Å². The lowest BCUT2D eigenvalue weighted by atomic mass is 9.65. The van der Waals surface area contributed by atoms with Crippen LogP contribution in [0.3, 0.4) is 0 Å². The number of allylic oxidation sites excluding steroid dienone is 1. The summed E-state index contributed by atoms with van der Waals surface area (Å²) in [5.41, 5.74) is 2.79. The number of halogens is 1. The highest BCUT2D eigenvalue weighted by Gasteiger charge is 2.58. The minimum absolute atomic E-state index is 0.0322. The molecule has 3 fully saturated rings. The zero-order chi connectivity index (χ0) is 26.7. The molecule has 4 nitrogen and oxygen atoms in total. The summed E-state index contributed by atoms with van der Waals surface area (Å²) in [6.45, 7) is 21.9. The Bertz CT molecular complexity index is 1140. The summed E-state index contributed by atoms with van der Waals surface area (Å²) < 4.78 is 20.7. The van der Waals surface area contributed by atoms with E-state index in [0.29, 0.717) is 11.7 Å². The second-order valence-electron chi connectivity index (χ2n) is 11.7. The van der Waals surface area contributed by atoms with Gasteiger partial charge >= 0.3 is 0 Å². The smallest absolute Gasteiger partial charge is 0.266 e. The highest BCUT2D eigenvalue weighted by Crippen LogP contribution is 2.52. The quantitative estimate of drug-likeness (QED) is 0.263. The number of anilines is 1. The molecule has 2 aromatic carbocycles. The maximum Gasteiger partial charge on any atom is 0.266 e. The van der Waals surface area contributed by atoms with Crippen molar-refractivity contribution >= 4 is 5.69 Å². The van der Waals surface area contributed by atoms with Crippen LogP contribution < -0.4 is 4.90 Å². The van der Waals surface area contributed by atoms with Gasteiger partial charge in [-0.25, -0.2) is 11.0 Å². The third-order valence-corrected chi connectivity index (χ3v) is 9.24. The molecule has 0 aromatic heterocycles. The zero-order valence-corrected chi connectivity index (χ0v) is 23.0. The van der Waals surface area contributed by atoms with E-state index in [1.807, 2.05) is 13.0 Å². The minimum Gasteiger partial charge on any atom is -0.495 e. The Hall–Kier alpha value is -2.84. The zero-order valence-electron chi connectivity index (χ0n) is 23.0. The predicted octanol–water partition coefficient (Wildman–Crippen LogP) is 7.07. The Morgan fingerprint density at radius 1 is 1.11 bits per heavy atom. The van der Waals surface area contributed by atoms with Gasteiger partial charge in [-0.2, -0.15) is 0 Å². The van der Waals surface area contributed by atoms with Crippen molar-refractivity contribution in [2.45, 2.75) is 64.0 Å². The van der Waals surface area contributed by atoms with E-state index in [1.165, 1.54) is 17.3 Å². The van der Waals surface area contributed by atoms with Gasteiger partial charge in [0.2, 0.25) is 0 Å². The molecule has 0 N–H and O–H groups in total. The summed E-state index contributed by atoms with van der Waals surface area (Å²) in [5.74, 6) is 1.36. The van der Waals surface area contributed by atoms with E-state index in [1.54, 1.807) is 12.1 Å².